The van der Waals surface area contributed by atoms with Crippen LogP contribution in [-0.2, 0) is 6.54 Å². The molecule has 2 aromatic rings. The second-order valence-electron chi connectivity index (χ2n) is 6.56. The van der Waals surface area contributed by atoms with Crippen LogP contribution in [0.15, 0.2) is 12.1 Å². The number of fused-ring (bicyclic) bond motifs is 1. The van der Waals surface area contributed by atoms with Crippen LogP contribution >= 0.6 is 23.2 Å². The molecule has 0 spiro atoms. The van der Waals surface area contributed by atoms with Gasteiger partial charge < -0.3 is 4.57 Å². The SMILES string of the molecule is CC(Cl)c1nc2cc(Cl)c(F)cc2n1CC1(C2CC2)CC1. The Morgan fingerprint density at radius 2 is 2.14 bits per heavy atom. The number of aromatic nitrogens is 2. The zero-order valence-electron chi connectivity index (χ0n) is 11.9. The van der Waals surface area contributed by atoms with Crippen molar-refractivity contribution in [3.8, 4) is 0 Å². The van der Waals surface area contributed by atoms with Crippen LogP contribution in [0, 0.1) is 17.2 Å². The lowest BCUT2D eigenvalue weighted by atomic mass is 10.0. The average molecular weight is 327 g/mol. The van der Waals surface area contributed by atoms with Crippen LogP contribution in [0.2, 0.25) is 5.02 Å². The Bertz CT molecular complexity index is 715. The summed E-state index contributed by atoms with van der Waals surface area (Å²) in [6.45, 7) is 2.82. The summed E-state index contributed by atoms with van der Waals surface area (Å²) in [7, 11) is 0. The molecule has 1 atom stereocenters. The van der Waals surface area contributed by atoms with Gasteiger partial charge in [0.2, 0.25) is 0 Å². The highest BCUT2D eigenvalue weighted by Crippen LogP contribution is 2.62. The Morgan fingerprint density at radius 3 is 2.71 bits per heavy atom. The molecule has 112 valence electrons. The molecule has 0 aliphatic heterocycles. The quantitative estimate of drug-likeness (QED) is 0.695. The summed E-state index contributed by atoms with van der Waals surface area (Å²) >= 11 is 12.2. The molecule has 4 rings (SSSR count). The molecule has 2 nitrogen and oxygen atoms in total. The third-order valence-corrected chi connectivity index (χ3v) is 5.47. The fourth-order valence-electron chi connectivity index (χ4n) is 3.48. The molecule has 2 aliphatic carbocycles. The fourth-order valence-corrected chi connectivity index (χ4v) is 3.80. The Kier molecular flexibility index (Phi) is 3.03. The largest absolute Gasteiger partial charge is 0.326 e. The minimum Gasteiger partial charge on any atom is -0.326 e. The molecule has 1 aromatic carbocycles. The molecule has 0 amide bonds. The van der Waals surface area contributed by atoms with E-state index in [1.54, 1.807) is 6.07 Å². The molecule has 5 heteroatoms. The monoisotopic (exact) mass is 326 g/mol. The van der Waals surface area contributed by atoms with Gasteiger partial charge in [0, 0.05) is 12.6 Å². The van der Waals surface area contributed by atoms with E-state index in [2.05, 4.69) is 9.55 Å². The van der Waals surface area contributed by atoms with Crippen LogP contribution in [0.4, 0.5) is 4.39 Å². The van der Waals surface area contributed by atoms with Crippen molar-refractivity contribution in [2.75, 3.05) is 0 Å². The van der Waals surface area contributed by atoms with E-state index >= 15 is 0 Å². The molecule has 0 bridgehead atoms. The molecule has 0 radical (unpaired) electrons. The second-order valence-corrected chi connectivity index (χ2v) is 7.63. The Balaban J connectivity index is 1.84. The first-order valence-electron chi connectivity index (χ1n) is 7.49. The minimum atomic E-state index is -0.393. The number of hydrogen-bond acceptors (Lipinski definition) is 1. The Morgan fingerprint density at radius 1 is 1.43 bits per heavy atom. The molecular formula is C16H17Cl2FN2. The Labute approximate surface area is 133 Å². The van der Waals surface area contributed by atoms with E-state index in [1.807, 2.05) is 6.92 Å². The summed E-state index contributed by atoms with van der Waals surface area (Å²) in [5.41, 5.74) is 1.95. The van der Waals surface area contributed by atoms with Crippen molar-refractivity contribution in [1.29, 1.82) is 0 Å². The van der Waals surface area contributed by atoms with Crippen LogP contribution < -0.4 is 0 Å². The van der Waals surface area contributed by atoms with Crippen molar-refractivity contribution in [2.24, 2.45) is 11.3 Å². The number of alkyl halides is 1. The van der Waals surface area contributed by atoms with Gasteiger partial charge in [0.25, 0.3) is 0 Å². The maximum absolute atomic E-state index is 13.9. The van der Waals surface area contributed by atoms with Crippen molar-refractivity contribution in [3.63, 3.8) is 0 Å². The highest BCUT2D eigenvalue weighted by Gasteiger charge is 2.54. The van der Waals surface area contributed by atoms with Crippen LogP contribution in [0.5, 0.6) is 0 Å². The van der Waals surface area contributed by atoms with E-state index in [-0.39, 0.29) is 10.4 Å². The first-order chi connectivity index (χ1) is 10.00. The van der Waals surface area contributed by atoms with Crippen LogP contribution in [0.25, 0.3) is 11.0 Å². The maximum atomic E-state index is 13.9. The molecule has 1 heterocycles. The van der Waals surface area contributed by atoms with Gasteiger partial charge in [-0.05, 0) is 50.0 Å². The molecule has 2 fully saturated rings. The lowest BCUT2D eigenvalue weighted by Gasteiger charge is -2.18. The lowest BCUT2D eigenvalue weighted by molar-refractivity contribution is 0.369. The molecule has 2 saturated carbocycles. The minimum absolute atomic E-state index is 0.115. The van der Waals surface area contributed by atoms with Gasteiger partial charge in [-0.2, -0.15) is 0 Å². The van der Waals surface area contributed by atoms with E-state index in [0.717, 1.165) is 29.3 Å². The average Bonchev–Trinajstić information content (AvgIpc) is 3.31. The highest BCUT2D eigenvalue weighted by molar-refractivity contribution is 6.31. The number of imidazole rings is 1. The zero-order valence-corrected chi connectivity index (χ0v) is 13.4. The topological polar surface area (TPSA) is 17.8 Å². The van der Waals surface area contributed by atoms with Crippen molar-refractivity contribution in [1.82, 2.24) is 9.55 Å². The molecular weight excluding hydrogens is 310 g/mol. The fraction of sp³-hybridized carbons (Fsp3) is 0.562. The molecule has 1 aromatic heterocycles. The van der Waals surface area contributed by atoms with Crippen molar-refractivity contribution in [3.05, 3.63) is 28.8 Å². The lowest BCUT2D eigenvalue weighted by Crippen LogP contribution is -2.16. The van der Waals surface area contributed by atoms with Gasteiger partial charge in [0.15, 0.2) is 0 Å². The number of rotatable bonds is 4. The third-order valence-electron chi connectivity index (χ3n) is 4.98. The zero-order chi connectivity index (χ0) is 14.8. The maximum Gasteiger partial charge on any atom is 0.144 e. The predicted molar refractivity (Wildman–Crippen MR) is 83.4 cm³/mol. The highest BCUT2D eigenvalue weighted by atomic mass is 35.5. The van der Waals surface area contributed by atoms with E-state index in [9.17, 15) is 4.39 Å². The number of benzene rings is 1. The normalized spacial score (nSPS) is 21.7. The van der Waals surface area contributed by atoms with Gasteiger partial charge in [0.1, 0.15) is 11.6 Å². The summed E-state index contributed by atoms with van der Waals surface area (Å²) in [4.78, 5) is 4.59. The number of halogens is 3. The number of nitrogens with zero attached hydrogens (tertiary/aromatic N) is 2. The van der Waals surface area contributed by atoms with Gasteiger partial charge in [-0.1, -0.05) is 11.6 Å². The molecule has 0 saturated heterocycles. The van der Waals surface area contributed by atoms with Crippen molar-refractivity contribution in [2.45, 2.75) is 44.5 Å². The van der Waals surface area contributed by atoms with E-state index in [1.165, 1.54) is 31.7 Å². The summed E-state index contributed by atoms with van der Waals surface area (Å²) in [6.07, 6.45) is 5.20. The standard InChI is InChI=1S/C16H17Cl2FN2/c1-9(17)15-20-13-6-11(18)12(19)7-14(13)21(15)8-16(4-5-16)10-2-3-10/h6-7,9-10H,2-5,8H2,1H3. The first kappa shape index (κ1) is 13.8. The summed E-state index contributed by atoms with van der Waals surface area (Å²) in [6, 6.07) is 3.10. The van der Waals surface area contributed by atoms with Gasteiger partial charge in [0.05, 0.1) is 21.4 Å². The van der Waals surface area contributed by atoms with Crippen LogP contribution in [0.3, 0.4) is 0 Å². The smallest absolute Gasteiger partial charge is 0.144 e. The van der Waals surface area contributed by atoms with Gasteiger partial charge in [-0.15, -0.1) is 11.6 Å². The van der Waals surface area contributed by atoms with E-state index in [0.29, 0.717) is 5.41 Å². The van der Waals surface area contributed by atoms with E-state index < -0.39 is 5.82 Å². The molecule has 21 heavy (non-hydrogen) atoms. The molecule has 0 N–H and O–H groups in total. The summed E-state index contributed by atoms with van der Waals surface area (Å²) in [5.74, 6) is 1.26. The van der Waals surface area contributed by atoms with E-state index in [4.69, 9.17) is 23.2 Å². The van der Waals surface area contributed by atoms with Crippen molar-refractivity contribution >= 4 is 34.2 Å². The predicted octanol–water partition coefficient (Wildman–Crippen LogP) is 5.32. The summed E-state index contributed by atoms with van der Waals surface area (Å²) in [5, 5.41) is -0.0847. The van der Waals surface area contributed by atoms with Gasteiger partial charge >= 0.3 is 0 Å². The second kappa shape index (κ2) is 4.60. The first-order valence-corrected chi connectivity index (χ1v) is 8.31. The van der Waals surface area contributed by atoms with Crippen LogP contribution in [-0.4, -0.2) is 9.55 Å². The molecule has 2 aliphatic rings. The molecule has 1 unspecified atom stereocenters. The third kappa shape index (κ3) is 2.25. The van der Waals surface area contributed by atoms with Crippen molar-refractivity contribution < 1.29 is 4.39 Å². The van der Waals surface area contributed by atoms with Crippen LogP contribution in [0.1, 0.15) is 43.8 Å². The number of hydrogen-bond donors (Lipinski definition) is 0. The van der Waals surface area contributed by atoms with Gasteiger partial charge in [-0.25, -0.2) is 9.37 Å². The summed E-state index contributed by atoms with van der Waals surface area (Å²) < 4.78 is 16.0. The van der Waals surface area contributed by atoms with Gasteiger partial charge in [-0.3, -0.25) is 0 Å². The Hall–Kier alpha value is -0.800.